The fraction of sp³-hybridized carbons (Fsp3) is 0.750. The fourth-order valence-electron chi connectivity index (χ4n) is 0.862. The standard InChI is InChI=1S/C8H12Cl2O4/c1-8(9,10)5(7(12)14-3)4-6(11)13-2/h5H,4H2,1-3H3. The van der Waals surface area contributed by atoms with E-state index in [0.717, 1.165) is 0 Å². The maximum Gasteiger partial charge on any atom is 0.312 e. The van der Waals surface area contributed by atoms with E-state index in [9.17, 15) is 9.59 Å². The van der Waals surface area contributed by atoms with E-state index in [1.807, 2.05) is 0 Å². The maximum atomic E-state index is 11.2. The van der Waals surface area contributed by atoms with Crippen LogP contribution in [0.4, 0.5) is 0 Å². The van der Waals surface area contributed by atoms with E-state index in [0.29, 0.717) is 0 Å². The summed E-state index contributed by atoms with van der Waals surface area (Å²) in [5.41, 5.74) is 0. The topological polar surface area (TPSA) is 52.6 Å². The zero-order valence-electron chi connectivity index (χ0n) is 8.17. The smallest absolute Gasteiger partial charge is 0.312 e. The van der Waals surface area contributed by atoms with Gasteiger partial charge >= 0.3 is 11.9 Å². The molecule has 0 aromatic rings. The molecule has 82 valence electrons. The van der Waals surface area contributed by atoms with Gasteiger partial charge in [-0.2, -0.15) is 0 Å². The van der Waals surface area contributed by atoms with Crippen LogP contribution in [0.1, 0.15) is 13.3 Å². The van der Waals surface area contributed by atoms with Crippen LogP contribution < -0.4 is 0 Å². The SMILES string of the molecule is COC(=O)CC(C(=O)OC)C(C)(Cl)Cl. The minimum Gasteiger partial charge on any atom is -0.469 e. The Morgan fingerprint density at radius 3 is 2.07 bits per heavy atom. The van der Waals surface area contributed by atoms with E-state index >= 15 is 0 Å². The van der Waals surface area contributed by atoms with E-state index in [4.69, 9.17) is 23.2 Å². The maximum absolute atomic E-state index is 11.2. The lowest BCUT2D eigenvalue weighted by Gasteiger charge is -2.22. The molecular weight excluding hydrogens is 231 g/mol. The van der Waals surface area contributed by atoms with Crippen LogP contribution >= 0.6 is 23.2 Å². The third-order valence-corrected chi connectivity index (χ3v) is 2.22. The molecular formula is C8H12Cl2O4. The van der Waals surface area contributed by atoms with Crippen LogP contribution in [0.15, 0.2) is 0 Å². The molecule has 0 amide bonds. The van der Waals surface area contributed by atoms with Gasteiger partial charge in [0.1, 0.15) is 4.33 Å². The molecule has 0 heterocycles. The molecule has 0 aromatic heterocycles. The highest BCUT2D eigenvalue weighted by atomic mass is 35.5. The van der Waals surface area contributed by atoms with Crippen molar-refractivity contribution in [1.29, 1.82) is 0 Å². The summed E-state index contributed by atoms with van der Waals surface area (Å²) < 4.78 is 7.52. The van der Waals surface area contributed by atoms with E-state index < -0.39 is 22.2 Å². The molecule has 0 saturated carbocycles. The number of esters is 2. The zero-order valence-corrected chi connectivity index (χ0v) is 9.69. The van der Waals surface area contributed by atoms with Crippen molar-refractivity contribution in [2.45, 2.75) is 17.7 Å². The number of ether oxygens (including phenoxy) is 2. The van der Waals surface area contributed by atoms with Gasteiger partial charge in [-0.1, -0.05) is 0 Å². The number of hydrogen-bond acceptors (Lipinski definition) is 4. The third kappa shape index (κ3) is 4.15. The lowest BCUT2D eigenvalue weighted by molar-refractivity contribution is -0.152. The number of alkyl halides is 2. The van der Waals surface area contributed by atoms with E-state index in [1.165, 1.54) is 21.1 Å². The minimum atomic E-state index is -1.36. The molecule has 14 heavy (non-hydrogen) atoms. The number of rotatable bonds is 4. The van der Waals surface area contributed by atoms with Crippen LogP contribution in [-0.4, -0.2) is 30.5 Å². The molecule has 0 N–H and O–H groups in total. The Morgan fingerprint density at radius 2 is 1.79 bits per heavy atom. The Morgan fingerprint density at radius 1 is 1.29 bits per heavy atom. The van der Waals surface area contributed by atoms with Crippen molar-refractivity contribution in [1.82, 2.24) is 0 Å². The Bertz CT molecular complexity index is 222. The van der Waals surface area contributed by atoms with Gasteiger partial charge in [-0.05, 0) is 6.92 Å². The molecule has 0 aliphatic heterocycles. The zero-order chi connectivity index (χ0) is 11.4. The van der Waals surface area contributed by atoms with E-state index in [-0.39, 0.29) is 6.42 Å². The molecule has 0 aliphatic carbocycles. The summed E-state index contributed by atoms with van der Waals surface area (Å²) in [4.78, 5) is 22.2. The summed E-state index contributed by atoms with van der Waals surface area (Å²) >= 11 is 11.5. The largest absolute Gasteiger partial charge is 0.469 e. The predicted molar refractivity (Wildman–Crippen MR) is 52.3 cm³/mol. The Kier molecular flexibility index (Phi) is 5.23. The molecule has 0 saturated heterocycles. The molecule has 0 fully saturated rings. The lowest BCUT2D eigenvalue weighted by atomic mass is 10.0. The second-order valence-electron chi connectivity index (χ2n) is 2.81. The van der Waals surface area contributed by atoms with Gasteiger partial charge in [0.15, 0.2) is 0 Å². The highest BCUT2D eigenvalue weighted by molar-refractivity contribution is 6.49. The van der Waals surface area contributed by atoms with Crippen molar-refractivity contribution in [3.8, 4) is 0 Å². The second kappa shape index (κ2) is 5.41. The van der Waals surface area contributed by atoms with E-state index in [1.54, 1.807) is 0 Å². The van der Waals surface area contributed by atoms with Crippen LogP contribution in [0.3, 0.4) is 0 Å². The highest BCUT2D eigenvalue weighted by Crippen LogP contribution is 2.33. The quantitative estimate of drug-likeness (QED) is 0.555. The summed E-state index contributed by atoms with van der Waals surface area (Å²) in [6.07, 6.45) is -0.202. The second-order valence-corrected chi connectivity index (χ2v) is 4.58. The lowest BCUT2D eigenvalue weighted by Crippen LogP contribution is -2.33. The first-order valence-corrected chi connectivity index (χ1v) is 4.61. The van der Waals surface area contributed by atoms with Gasteiger partial charge in [0, 0.05) is 0 Å². The summed E-state index contributed by atoms with van der Waals surface area (Å²) in [7, 11) is 2.42. The summed E-state index contributed by atoms with van der Waals surface area (Å²) in [5, 5.41) is 0. The molecule has 0 radical (unpaired) electrons. The molecule has 4 nitrogen and oxygen atoms in total. The van der Waals surface area contributed by atoms with E-state index in [2.05, 4.69) is 9.47 Å². The highest BCUT2D eigenvalue weighted by Gasteiger charge is 2.38. The minimum absolute atomic E-state index is 0.202. The number of carbonyl (C=O) groups is 2. The van der Waals surface area contributed by atoms with Crippen molar-refractivity contribution in [2.75, 3.05) is 14.2 Å². The molecule has 0 spiro atoms. The van der Waals surface area contributed by atoms with Crippen LogP contribution in [0.2, 0.25) is 0 Å². The first-order valence-electron chi connectivity index (χ1n) is 3.85. The van der Waals surface area contributed by atoms with Crippen molar-refractivity contribution < 1.29 is 19.1 Å². The van der Waals surface area contributed by atoms with Gasteiger partial charge in [0.05, 0.1) is 26.6 Å². The first-order chi connectivity index (χ1) is 6.32. The van der Waals surface area contributed by atoms with Gasteiger partial charge in [0.2, 0.25) is 0 Å². The Balaban J connectivity index is 4.58. The van der Waals surface area contributed by atoms with Gasteiger partial charge in [-0.15, -0.1) is 23.2 Å². The summed E-state index contributed by atoms with van der Waals surface area (Å²) in [6, 6.07) is 0. The van der Waals surface area contributed by atoms with Gasteiger partial charge in [0.25, 0.3) is 0 Å². The number of methoxy groups -OCH3 is 2. The van der Waals surface area contributed by atoms with Crippen LogP contribution in [0.25, 0.3) is 0 Å². The summed E-state index contributed by atoms with van der Waals surface area (Å²) in [6.45, 7) is 1.42. The molecule has 0 rings (SSSR count). The Hall–Kier alpha value is -0.480. The van der Waals surface area contributed by atoms with Crippen molar-refractivity contribution >= 4 is 35.1 Å². The normalized spacial score (nSPS) is 13.2. The number of carbonyl (C=O) groups excluding carboxylic acids is 2. The average molecular weight is 243 g/mol. The van der Waals surface area contributed by atoms with Gasteiger partial charge in [-0.25, -0.2) is 0 Å². The Labute approximate surface area is 92.5 Å². The molecule has 0 aliphatic rings. The number of halogens is 2. The third-order valence-electron chi connectivity index (χ3n) is 1.70. The summed E-state index contributed by atoms with van der Waals surface area (Å²) in [5.74, 6) is -2.13. The first kappa shape index (κ1) is 13.5. The van der Waals surface area contributed by atoms with Crippen molar-refractivity contribution in [3.63, 3.8) is 0 Å². The van der Waals surface area contributed by atoms with Crippen molar-refractivity contribution in [2.24, 2.45) is 5.92 Å². The molecule has 1 unspecified atom stereocenters. The monoisotopic (exact) mass is 242 g/mol. The van der Waals surface area contributed by atoms with Gasteiger partial charge < -0.3 is 9.47 Å². The molecule has 0 aromatic carbocycles. The van der Waals surface area contributed by atoms with Gasteiger partial charge in [-0.3, -0.25) is 9.59 Å². The predicted octanol–water partition coefficient (Wildman–Crippen LogP) is 1.53. The number of hydrogen-bond donors (Lipinski definition) is 0. The molecule has 6 heteroatoms. The van der Waals surface area contributed by atoms with Crippen LogP contribution in [0.5, 0.6) is 0 Å². The van der Waals surface area contributed by atoms with Crippen molar-refractivity contribution in [3.05, 3.63) is 0 Å². The average Bonchev–Trinajstić information content (AvgIpc) is 2.10. The molecule has 1 atom stereocenters. The fourth-order valence-corrected chi connectivity index (χ4v) is 1.19. The van der Waals surface area contributed by atoms with Crippen LogP contribution in [-0.2, 0) is 19.1 Å². The molecule has 0 bridgehead atoms. The van der Waals surface area contributed by atoms with Crippen LogP contribution in [0, 0.1) is 5.92 Å².